The van der Waals surface area contributed by atoms with Gasteiger partial charge in [-0.25, -0.2) is 0 Å². The predicted molar refractivity (Wildman–Crippen MR) is 129 cm³/mol. The molecule has 1 spiro atoms. The van der Waals surface area contributed by atoms with Crippen molar-refractivity contribution in [1.29, 1.82) is 0 Å². The number of thioether (sulfide) groups is 1. The Kier molecular flexibility index (Phi) is 7.10. The van der Waals surface area contributed by atoms with Gasteiger partial charge in [0.1, 0.15) is 6.04 Å². The second-order valence-corrected chi connectivity index (χ2v) is 11.7. The molecule has 3 aliphatic rings. The van der Waals surface area contributed by atoms with E-state index < -0.39 is 22.6 Å². The number of likely N-dealkylation sites (tertiary alicyclic amines) is 1. The number of carbonyl (C=O) groups excluding carboxylic acids is 3. The van der Waals surface area contributed by atoms with E-state index in [1.807, 2.05) is 6.92 Å². The van der Waals surface area contributed by atoms with Gasteiger partial charge in [0.25, 0.3) is 0 Å². The van der Waals surface area contributed by atoms with E-state index in [0.717, 1.165) is 6.42 Å². The number of rotatable bonds is 8. The molecule has 10 heteroatoms. The first-order valence-electron chi connectivity index (χ1n) is 10.9. The van der Waals surface area contributed by atoms with Gasteiger partial charge in [0, 0.05) is 40.5 Å². The van der Waals surface area contributed by atoms with Crippen LogP contribution in [0.5, 0.6) is 0 Å². The second kappa shape index (κ2) is 9.52. The lowest BCUT2D eigenvalue weighted by Gasteiger charge is -2.35. The molecular formula is C22H27BrClN3O4S. The number of anilines is 1. The topological polar surface area (TPSA) is 98.7 Å². The van der Waals surface area contributed by atoms with Crippen LogP contribution in [0, 0.1) is 11.8 Å². The first-order chi connectivity index (χ1) is 15.3. The lowest BCUT2D eigenvalue weighted by atomic mass is 9.70. The van der Waals surface area contributed by atoms with Gasteiger partial charge in [0.2, 0.25) is 17.7 Å². The molecule has 174 valence electrons. The van der Waals surface area contributed by atoms with Gasteiger partial charge in [-0.05, 0) is 43.5 Å². The van der Waals surface area contributed by atoms with E-state index in [4.69, 9.17) is 11.6 Å². The molecule has 3 saturated heterocycles. The Morgan fingerprint density at radius 2 is 2.03 bits per heavy atom. The molecule has 4 rings (SSSR count). The Bertz CT molecular complexity index is 904. The number of hydrogen-bond donors (Lipinski definition) is 3. The maximum Gasteiger partial charge on any atom is 0.248 e. The Morgan fingerprint density at radius 1 is 1.31 bits per heavy atom. The lowest BCUT2D eigenvalue weighted by molar-refractivity contribution is -0.139. The maximum absolute atomic E-state index is 13.6. The number of alkyl halides is 1. The number of amides is 3. The van der Waals surface area contributed by atoms with Crippen molar-refractivity contribution < 1.29 is 19.5 Å². The van der Waals surface area contributed by atoms with Crippen molar-refractivity contribution in [3.8, 4) is 0 Å². The Hall–Kier alpha value is -1.29. The molecule has 0 aliphatic carbocycles. The maximum atomic E-state index is 13.6. The van der Waals surface area contributed by atoms with Gasteiger partial charge in [0.05, 0.1) is 16.6 Å². The van der Waals surface area contributed by atoms with Crippen LogP contribution >= 0.6 is 39.3 Å². The molecule has 0 radical (unpaired) electrons. The highest BCUT2D eigenvalue weighted by Gasteiger charge is 2.75. The first-order valence-corrected chi connectivity index (χ1v) is 13.1. The van der Waals surface area contributed by atoms with Crippen LogP contribution in [0.1, 0.15) is 26.2 Å². The van der Waals surface area contributed by atoms with Gasteiger partial charge >= 0.3 is 0 Å². The molecule has 0 aromatic heterocycles. The lowest BCUT2D eigenvalue weighted by Crippen LogP contribution is -2.53. The second-order valence-electron chi connectivity index (χ2n) is 8.56. The zero-order chi connectivity index (χ0) is 23.0. The summed E-state index contributed by atoms with van der Waals surface area (Å²) in [7, 11) is 0. The zero-order valence-electron chi connectivity index (χ0n) is 17.7. The standard InChI is InChI=1S/C22H27BrClN3O4S/c1-2-8-25-19(29)15-16-21(31)27(9-3-10-28)18(22(16)11-14(23)17(15)32-22)20(30)26-13-6-4-12(24)5-7-13/h4-7,14-18,28H,2-3,8-11H2,1H3,(H,25,29)(H,26,30)/t14?,15-,16+,17-,18?,22?/m1/s1. The van der Waals surface area contributed by atoms with Gasteiger partial charge in [-0.2, -0.15) is 0 Å². The molecule has 3 unspecified atom stereocenters. The highest BCUT2D eigenvalue weighted by atomic mass is 79.9. The fourth-order valence-corrected chi connectivity index (χ4v) is 9.06. The number of halogens is 2. The molecule has 7 nitrogen and oxygen atoms in total. The smallest absolute Gasteiger partial charge is 0.248 e. The van der Waals surface area contributed by atoms with Gasteiger partial charge in [0.15, 0.2) is 0 Å². The van der Waals surface area contributed by atoms with E-state index in [1.165, 1.54) is 0 Å². The minimum absolute atomic E-state index is 0.0394. The molecule has 6 atom stereocenters. The summed E-state index contributed by atoms with van der Waals surface area (Å²) in [6.45, 7) is 2.74. The third-order valence-electron chi connectivity index (χ3n) is 6.56. The quantitative estimate of drug-likeness (QED) is 0.437. The van der Waals surface area contributed by atoms with Crippen molar-refractivity contribution in [2.45, 2.75) is 47.1 Å². The summed E-state index contributed by atoms with van der Waals surface area (Å²) in [6, 6.07) is 6.11. The molecule has 1 aromatic rings. The molecular weight excluding hydrogens is 518 g/mol. The molecule has 3 fully saturated rings. The van der Waals surface area contributed by atoms with Crippen LogP contribution in [-0.4, -0.2) is 68.3 Å². The van der Waals surface area contributed by atoms with Crippen LogP contribution < -0.4 is 10.6 Å². The summed E-state index contributed by atoms with van der Waals surface area (Å²) in [6.07, 6.45) is 1.81. The van der Waals surface area contributed by atoms with E-state index in [-0.39, 0.29) is 41.0 Å². The van der Waals surface area contributed by atoms with Crippen molar-refractivity contribution >= 4 is 62.7 Å². The van der Waals surface area contributed by atoms with Crippen LogP contribution in [-0.2, 0) is 14.4 Å². The number of benzene rings is 1. The summed E-state index contributed by atoms with van der Waals surface area (Å²) < 4.78 is -0.684. The average molecular weight is 545 g/mol. The van der Waals surface area contributed by atoms with Crippen molar-refractivity contribution in [1.82, 2.24) is 10.2 Å². The van der Waals surface area contributed by atoms with Gasteiger partial charge in [-0.15, -0.1) is 11.8 Å². The number of fused-ring (bicyclic) bond motifs is 1. The van der Waals surface area contributed by atoms with E-state index in [1.54, 1.807) is 40.9 Å². The van der Waals surface area contributed by atoms with Crippen LogP contribution in [0.15, 0.2) is 24.3 Å². The van der Waals surface area contributed by atoms with E-state index in [0.29, 0.717) is 30.1 Å². The van der Waals surface area contributed by atoms with Crippen LogP contribution in [0.3, 0.4) is 0 Å². The van der Waals surface area contributed by atoms with Crippen molar-refractivity contribution in [2.24, 2.45) is 11.8 Å². The van der Waals surface area contributed by atoms with E-state index in [9.17, 15) is 19.5 Å². The Balaban J connectivity index is 1.68. The SMILES string of the molecule is CCCNC(=O)[C@H]1[C@@H]2SC3(CC2Br)C(C(=O)Nc2ccc(Cl)cc2)N(CCCO)C(=O)[C@H]13. The highest BCUT2D eigenvalue weighted by molar-refractivity contribution is 9.09. The molecule has 1 aromatic carbocycles. The summed E-state index contributed by atoms with van der Waals surface area (Å²) in [5.74, 6) is -1.59. The average Bonchev–Trinajstić information content (AvgIpc) is 3.35. The molecule has 32 heavy (non-hydrogen) atoms. The molecule has 2 bridgehead atoms. The fourth-order valence-electron chi connectivity index (χ4n) is 5.32. The molecule has 3 heterocycles. The third-order valence-corrected chi connectivity index (χ3v) is 10.0. The normalized spacial score (nSPS) is 32.8. The summed E-state index contributed by atoms with van der Waals surface area (Å²) >= 11 is 11.3. The highest BCUT2D eigenvalue weighted by Crippen LogP contribution is 2.67. The first kappa shape index (κ1) is 23.9. The van der Waals surface area contributed by atoms with Crippen LogP contribution in [0.2, 0.25) is 5.02 Å². The Morgan fingerprint density at radius 3 is 2.69 bits per heavy atom. The van der Waals surface area contributed by atoms with Gasteiger partial charge in [-0.1, -0.05) is 34.5 Å². The fraction of sp³-hybridized carbons (Fsp3) is 0.591. The molecule has 3 amide bonds. The van der Waals surface area contributed by atoms with E-state index >= 15 is 0 Å². The number of carbonyl (C=O) groups is 3. The van der Waals surface area contributed by atoms with Gasteiger partial charge in [-0.3, -0.25) is 14.4 Å². The zero-order valence-corrected chi connectivity index (χ0v) is 20.9. The van der Waals surface area contributed by atoms with Crippen molar-refractivity contribution in [2.75, 3.05) is 25.0 Å². The minimum Gasteiger partial charge on any atom is -0.396 e. The Labute approximate surface area is 205 Å². The van der Waals surface area contributed by atoms with Crippen LogP contribution in [0.4, 0.5) is 5.69 Å². The number of nitrogens with one attached hydrogen (secondary N) is 2. The number of nitrogens with zero attached hydrogens (tertiary/aromatic N) is 1. The third kappa shape index (κ3) is 3.95. The van der Waals surface area contributed by atoms with Crippen molar-refractivity contribution in [3.63, 3.8) is 0 Å². The number of aliphatic hydroxyl groups excluding tert-OH is 1. The molecule has 3 N–H and O–H groups in total. The summed E-state index contributed by atoms with van der Waals surface area (Å²) in [4.78, 5) is 41.9. The number of aliphatic hydroxyl groups is 1. The summed E-state index contributed by atoms with van der Waals surface area (Å²) in [5.41, 5.74) is 0.596. The monoisotopic (exact) mass is 543 g/mol. The van der Waals surface area contributed by atoms with E-state index in [2.05, 4.69) is 26.6 Å². The van der Waals surface area contributed by atoms with Crippen LogP contribution in [0.25, 0.3) is 0 Å². The largest absolute Gasteiger partial charge is 0.396 e. The van der Waals surface area contributed by atoms with Crippen molar-refractivity contribution in [3.05, 3.63) is 29.3 Å². The molecule has 3 aliphatic heterocycles. The minimum atomic E-state index is -0.721. The number of hydrogen-bond acceptors (Lipinski definition) is 5. The summed E-state index contributed by atoms with van der Waals surface area (Å²) in [5, 5.41) is 15.8. The predicted octanol–water partition coefficient (Wildman–Crippen LogP) is 2.65. The molecule has 0 saturated carbocycles. The van der Waals surface area contributed by atoms with Gasteiger partial charge < -0.3 is 20.6 Å².